The van der Waals surface area contributed by atoms with Crippen LogP contribution in [0.4, 0.5) is 4.79 Å². The van der Waals surface area contributed by atoms with E-state index in [0.717, 1.165) is 0 Å². The Morgan fingerprint density at radius 1 is 1.70 bits per heavy atom. The maximum Gasteiger partial charge on any atom is 0.408 e. The number of hydrogen-bond acceptors (Lipinski definition) is 3. The van der Waals surface area contributed by atoms with Gasteiger partial charge in [-0.05, 0) is 0 Å². The predicted octanol–water partition coefficient (Wildman–Crippen LogP) is -1.22. The van der Waals surface area contributed by atoms with Crippen molar-refractivity contribution in [2.75, 3.05) is 13.8 Å². The summed E-state index contributed by atoms with van der Waals surface area (Å²) < 4.78 is 4.23. The van der Waals surface area contributed by atoms with E-state index in [-0.39, 0.29) is 12.6 Å². The van der Waals surface area contributed by atoms with Crippen LogP contribution in [0.25, 0.3) is 0 Å². The summed E-state index contributed by atoms with van der Waals surface area (Å²) in [6.45, 7) is 0.0992. The number of alkyl carbamates (subject to hydrolysis) is 1. The van der Waals surface area contributed by atoms with Gasteiger partial charge in [-0.15, -0.1) is 0 Å². The largest absolute Gasteiger partial charge is 0.453 e. The molecule has 0 aromatic carbocycles. The topological polar surface area (TPSA) is 100 Å². The number of carbonyl (C=O) groups excluding carboxylic acids is 1. The van der Waals surface area contributed by atoms with Crippen molar-refractivity contribution < 1.29 is 9.53 Å². The zero-order valence-corrected chi connectivity index (χ0v) is 5.60. The molecule has 0 aromatic rings. The van der Waals surface area contributed by atoms with E-state index >= 15 is 0 Å². The van der Waals surface area contributed by atoms with Gasteiger partial charge < -0.3 is 21.1 Å². The Hall–Kier alpha value is -1.46. The molecule has 0 aromatic heterocycles. The van der Waals surface area contributed by atoms with Gasteiger partial charge in [0.2, 0.25) is 0 Å². The third-order valence-electron chi connectivity index (χ3n) is 0.697. The van der Waals surface area contributed by atoms with Gasteiger partial charge in [0.15, 0.2) is 5.96 Å². The first-order valence-corrected chi connectivity index (χ1v) is 2.56. The molecule has 0 aliphatic carbocycles. The highest BCUT2D eigenvalue weighted by Crippen LogP contribution is 1.66. The Kier molecular flexibility index (Phi) is 3.78. The normalized spacial score (nSPS) is 8.10. The van der Waals surface area contributed by atoms with Crippen molar-refractivity contribution in [3.8, 4) is 0 Å². The lowest BCUT2D eigenvalue weighted by atomic mass is 10.9. The maximum atomic E-state index is 10.3. The number of nitrogens with two attached hydrogens (primary N) is 1. The molecule has 5 N–H and O–H groups in total. The van der Waals surface area contributed by atoms with E-state index in [0.29, 0.717) is 0 Å². The molecule has 0 bridgehead atoms. The first kappa shape index (κ1) is 8.54. The number of guanidine groups is 1. The summed E-state index contributed by atoms with van der Waals surface area (Å²) in [5, 5.41) is 11.3. The summed E-state index contributed by atoms with van der Waals surface area (Å²) in [6.07, 6.45) is -0.561. The van der Waals surface area contributed by atoms with Crippen LogP contribution in [0.15, 0.2) is 0 Å². The van der Waals surface area contributed by atoms with Gasteiger partial charge in [-0.25, -0.2) is 4.79 Å². The molecule has 0 saturated heterocycles. The Bertz CT molecular complexity index is 135. The molecule has 0 radical (unpaired) electrons. The lowest BCUT2D eigenvalue weighted by molar-refractivity contribution is 0.171. The van der Waals surface area contributed by atoms with Gasteiger partial charge in [0.25, 0.3) is 0 Å². The third kappa shape index (κ3) is 4.69. The molecule has 0 unspecified atom stereocenters. The molecule has 0 atom stereocenters. The van der Waals surface area contributed by atoms with Crippen LogP contribution in [0.2, 0.25) is 0 Å². The fourth-order valence-corrected chi connectivity index (χ4v) is 0.284. The number of hydrogen-bond donors (Lipinski definition) is 4. The predicted molar refractivity (Wildman–Crippen MR) is 35.5 cm³/mol. The number of methoxy groups -OCH3 is 1. The highest BCUT2D eigenvalue weighted by Gasteiger charge is 1.94. The molecule has 0 fully saturated rings. The number of nitrogens with one attached hydrogen (secondary N) is 3. The van der Waals surface area contributed by atoms with Gasteiger partial charge in [-0.1, -0.05) is 0 Å². The molecule has 0 aliphatic rings. The van der Waals surface area contributed by atoms with Crippen molar-refractivity contribution in [3.05, 3.63) is 0 Å². The molecule has 6 heteroatoms. The fourth-order valence-electron chi connectivity index (χ4n) is 0.284. The first-order chi connectivity index (χ1) is 4.66. The number of rotatable bonds is 2. The average Bonchev–Trinajstić information content (AvgIpc) is 1.87. The smallest absolute Gasteiger partial charge is 0.408 e. The molecule has 58 valence electrons. The molecule has 10 heavy (non-hydrogen) atoms. The van der Waals surface area contributed by atoms with E-state index in [1.807, 2.05) is 0 Å². The lowest BCUT2D eigenvalue weighted by Crippen LogP contribution is -2.40. The summed E-state index contributed by atoms with van der Waals surface area (Å²) >= 11 is 0. The summed E-state index contributed by atoms with van der Waals surface area (Å²) in [5.74, 6) is -0.198. The Balaban J connectivity index is 3.20. The van der Waals surface area contributed by atoms with Crippen molar-refractivity contribution in [1.82, 2.24) is 10.6 Å². The SMILES string of the molecule is COC(=O)NCNC(=N)N. The third-order valence-corrected chi connectivity index (χ3v) is 0.697. The van der Waals surface area contributed by atoms with Crippen molar-refractivity contribution in [2.45, 2.75) is 0 Å². The molecule has 0 rings (SSSR count). The second kappa shape index (κ2) is 4.42. The van der Waals surface area contributed by atoms with Crippen LogP contribution < -0.4 is 16.4 Å². The number of amides is 1. The van der Waals surface area contributed by atoms with Crippen molar-refractivity contribution in [1.29, 1.82) is 5.41 Å². The van der Waals surface area contributed by atoms with Gasteiger partial charge in [0.1, 0.15) is 0 Å². The molecular weight excluding hydrogens is 136 g/mol. The lowest BCUT2D eigenvalue weighted by Gasteiger charge is -2.03. The molecule has 0 aliphatic heterocycles. The van der Waals surface area contributed by atoms with Crippen molar-refractivity contribution in [3.63, 3.8) is 0 Å². The van der Waals surface area contributed by atoms with E-state index in [4.69, 9.17) is 11.1 Å². The van der Waals surface area contributed by atoms with Crippen molar-refractivity contribution >= 4 is 12.1 Å². The Morgan fingerprint density at radius 2 is 2.30 bits per heavy atom. The molecule has 0 heterocycles. The van der Waals surface area contributed by atoms with Crippen LogP contribution >= 0.6 is 0 Å². The Labute approximate surface area is 58.2 Å². The summed E-state index contributed by atoms with van der Waals surface area (Å²) in [7, 11) is 1.25. The van der Waals surface area contributed by atoms with Crippen LogP contribution in [0.5, 0.6) is 0 Å². The number of ether oxygens (including phenoxy) is 1. The van der Waals surface area contributed by atoms with Gasteiger partial charge >= 0.3 is 6.09 Å². The summed E-state index contributed by atoms with van der Waals surface area (Å²) in [6, 6.07) is 0. The minimum Gasteiger partial charge on any atom is -0.453 e. The monoisotopic (exact) mass is 146 g/mol. The molecule has 6 nitrogen and oxygen atoms in total. The van der Waals surface area contributed by atoms with Crippen LogP contribution in [-0.2, 0) is 4.74 Å². The van der Waals surface area contributed by atoms with Crippen LogP contribution in [0, 0.1) is 5.41 Å². The zero-order valence-electron chi connectivity index (χ0n) is 5.60. The highest BCUT2D eigenvalue weighted by molar-refractivity contribution is 5.75. The minimum absolute atomic E-state index is 0.0992. The van der Waals surface area contributed by atoms with Gasteiger partial charge in [0.05, 0.1) is 13.8 Å². The van der Waals surface area contributed by atoms with E-state index in [2.05, 4.69) is 15.4 Å². The minimum atomic E-state index is -0.561. The van der Waals surface area contributed by atoms with Crippen molar-refractivity contribution in [2.24, 2.45) is 5.73 Å². The second-order valence-electron chi connectivity index (χ2n) is 1.44. The van der Waals surface area contributed by atoms with Gasteiger partial charge in [-0.2, -0.15) is 0 Å². The summed E-state index contributed by atoms with van der Waals surface area (Å²) in [4.78, 5) is 10.3. The molecule has 1 amide bonds. The Morgan fingerprint density at radius 3 is 2.70 bits per heavy atom. The second-order valence-corrected chi connectivity index (χ2v) is 1.44. The zero-order chi connectivity index (χ0) is 7.98. The van der Waals surface area contributed by atoms with Crippen LogP contribution in [-0.4, -0.2) is 25.8 Å². The van der Waals surface area contributed by atoms with Gasteiger partial charge in [0, 0.05) is 0 Å². The van der Waals surface area contributed by atoms with Crippen LogP contribution in [0.1, 0.15) is 0 Å². The van der Waals surface area contributed by atoms with E-state index in [1.165, 1.54) is 7.11 Å². The maximum absolute atomic E-state index is 10.3. The highest BCUT2D eigenvalue weighted by atomic mass is 16.5. The van der Waals surface area contributed by atoms with Crippen LogP contribution in [0.3, 0.4) is 0 Å². The van der Waals surface area contributed by atoms with E-state index in [9.17, 15) is 4.79 Å². The van der Waals surface area contributed by atoms with Gasteiger partial charge in [-0.3, -0.25) is 5.41 Å². The van der Waals surface area contributed by atoms with E-state index < -0.39 is 6.09 Å². The van der Waals surface area contributed by atoms with E-state index in [1.54, 1.807) is 0 Å². The summed E-state index contributed by atoms with van der Waals surface area (Å²) in [5.41, 5.74) is 4.90. The molecule has 0 saturated carbocycles. The fraction of sp³-hybridized carbons (Fsp3) is 0.500. The molecule has 0 spiro atoms. The molecular formula is C4H10N4O2. The average molecular weight is 146 g/mol. The standard InChI is InChI=1S/C4H10N4O2/c1-10-4(9)8-2-7-3(5)6/h2H2,1H3,(H,8,9)(H4,5,6,7). The first-order valence-electron chi connectivity index (χ1n) is 2.56. The quantitative estimate of drug-likeness (QED) is 0.223. The number of carbonyl (C=O) groups is 1.